The Bertz CT molecular complexity index is 1430. The van der Waals surface area contributed by atoms with E-state index in [0.717, 1.165) is 15.1 Å². The summed E-state index contributed by atoms with van der Waals surface area (Å²) in [5.74, 6) is 0.828. The van der Waals surface area contributed by atoms with Crippen LogP contribution >= 0.6 is 11.8 Å². The standard InChI is InChI=1S/C23H21N5O4S/c1-14-3-6-19(15(2)11-14)33-22-21-26-28(23(30)27(21)8-7-24-22)13-20(29)25-16-4-5-17-18(12-16)32-10-9-31-17/h3-8,11-12H,9-10,13H2,1-2H3,(H,25,29). The van der Waals surface area contributed by atoms with Gasteiger partial charge in [0.05, 0.1) is 0 Å². The summed E-state index contributed by atoms with van der Waals surface area (Å²) in [4.78, 5) is 30.9. The van der Waals surface area contributed by atoms with Gasteiger partial charge in [-0.25, -0.2) is 18.9 Å². The number of amides is 1. The van der Waals surface area contributed by atoms with Crippen molar-refractivity contribution < 1.29 is 14.3 Å². The van der Waals surface area contributed by atoms with Gasteiger partial charge in [-0.2, -0.15) is 0 Å². The minimum Gasteiger partial charge on any atom is -0.486 e. The van der Waals surface area contributed by atoms with Crippen LogP contribution in [0.2, 0.25) is 0 Å². The molecule has 2 aromatic heterocycles. The first-order chi connectivity index (χ1) is 16.0. The Balaban J connectivity index is 1.37. The minimum atomic E-state index is -0.410. The summed E-state index contributed by atoms with van der Waals surface area (Å²) in [6.45, 7) is 4.79. The lowest BCUT2D eigenvalue weighted by molar-refractivity contribution is -0.117. The molecule has 168 valence electrons. The molecule has 33 heavy (non-hydrogen) atoms. The molecule has 9 nitrogen and oxygen atoms in total. The number of aromatic nitrogens is 4. The number of anilines is 1. The minimum absolute atomic E-state index is 0.234. The van der Waals surface area contributed by atoms with Crippen molar-refractivity contribution in [2.24, 2.45) is 0 Å². The van der Waals surface area contributed by atoms with E-state index in [2.05, 4.69) is 21.5 Å². The number of nitrogens with zero attached hydrogens (tertiary/aromatic N) is 4. The van der Waals surface area contributed by atoms with Gasteiger partial charge in [0.1, 0.15) is 24.8 Å². The molecule has 0 fully saturated rings. The molecule has 0 spiro atoms. The number of aryl methyl sites for hydroxylation is 2. The number of nitrogens with one attached hydrogen (secondary N) is 1. The molecule has 0 radical (unpaired) electrons. The first-order valence-corrected chi connectivity index (χ1v) is 11.2. The molecule has 0 bridgehead atoms. The topological polar surface area (TPSA) is 99.8 Å². The quantitative estimate of drug-likeness (QED) is 0.486. The molecule has 0 aliphatic carbocycles. The molecule has 1 amide bonds. The van der Waals surface area contributed by atoms with Crippen molar-refractivity contribution in [1.82, 2.24) is 19.2 Å². The highest BCUT2D eigenvalue weighted by molar-refractivity contribution is 7.99. The highest BCUT2D eigenvalue weighted by Gasteiger charge is 2.17. The molecule has 0 saturated heterocycles. The average Bonchev–Trinajstić information content (AvgIpc) is 3.11. The van der Waals surface area contributed by atoms with Gasteiger partial charge < -0.3 is 14.8 Å². The third-order valence-corrected chi connectivity index (χ3v) is 6.29. The maximum absolute atomic E-state index is 12.8. The van der Waals surface area contributed by atoms with Gasteiger partial charge >= 0.3 is 5.69 Å². The van der Waals surface area contributed by atoms with Crippen molar-refractivity contribution >= 4 is 29.0 Å². The average molecular weight is 464 g/mol. The van der Waals surface area contributed by atoms with Crippen molar-refractivity contribution in [3.05, 3.63) is 70.4 Å². The predicted molar refractivity (Wildman–Crippen MR) is 123 cm³/mol. The van der Waals surface area contributed by atoms with E-state index in [1.165, 1.54) is 21.7 Å². The molecule has 1 aliphatic heterocycles. The van der Waals surface area contributed by atoms with Crippen LogP contribution in [0.4, 0.5) is 5.69 Å². The molecule has 4 aromatic rings. The Hall–Kier alpha value is -3.79. The number of hydrogen-bond donors (Lipinski definition) is 1. The fourth-order valence-corrected chi connectivity index (χ4v) is 4.48. The predicted octanol–water partition coefficient (Wildman–Crippen LogP) is 3.07. The Kier molecular flexibility index (Phi) is 5.51. The molecule has 0 atom stereocenters. The van der Waals surface area contributed by atoms with Crippen LogP contribution in [0.1, 0.15) is 11.1 Å². The second-order valence-electron chi connectivity index (χ2n) is 7.64. The number of carbonyl (C=O) groups excluding carboxylic acids is 1. The SMILES string of the molecule is Cc1ccc(Sc2nccn3c(=O)n(CC(=O)Nc4ccc5c(c4)OCCO5)nc23)c(C)c1. The second kappa shape index (κ2) is 8.62. The maximum Gasteiger partial charge on any atom is 0.350 e. The van der Waals surface area contributed by atoms with Crippen LogP contribution in [-0.4, -0.2) is 38.3 Å². The Morgan fingerprint density at radius 3 is 2.76 bits per heavy atom. The van der Waals surface area contributed by atoms with Gasteiger partial charge in [-0.15, -0.1) is 5.10 Å². The first kappa shape index (κ1) is 21.1. The molecule has 10 heteroatoms. The lowest BCUT2D eigenvalue weighted by Gasteiger charge is -2.18. The van der Waals surface area contributed by atoms with Gasteiger partial charge in [0.25, 0.3) is 0 Å². The fourth-order valence-electron chi connectivity index (χ4n) is 3.58. The molecule has 0 unspecified atom stereocenters. The summed E-state index contributed by atoms with van der Waals surface area (Å²) in [7, 11) is 0. The van der Waals surface area contributed by atoms with E-state index in [-0.39, 0.29) is 12.5 Å². The lowest BCUT2D eigenvalue weighted by Crippen LogP contribution is -2.28. The number of fused-ring (bicyclic) bond motifs is 2. The van der Waals surface area contributed by atoms with Gasteiger partial charge in [-0.1, -0.05) is 29.5 Å². The number of hydrogen-bond acceptors (Lipinski definition) is 7. The van der Waals surface area contributed by atoms with Crippen LogP contribution in [0.5, 0.6) is 11.5 Å². The van der Waals surface area contributed by atoms with E-state index < -0.39 is 5.69 Å². The molecule has 5 rings (SSSR count). The lowest BCUT2D eigenvalue weighted by atomic mass is 10.2. The highest BCUT2D eigenvalue weighted by atomic mass is 32.2. The Morgan fingerprint density at radius 1 is 1.12 bits per heavy atom. The molecule has 1 N–H and O–H groups in total. The summed E-state index contributed by atoms with van der Waals surface area (Å²) < 4.78 is 13.6. The summed E-state index contributed by atoms with van der Waals surface area (Å²) in [5, 5.41) is 7.75. The van der Waals surface area contributed by atoms with Crippen LogP contribution < -0.4 is 20.5 Å². The fraction of sp³-hybridized carbons (Fsp3) is 0.217. The second-order valence-corrected chi connectivity index (χ2v) is 8.67. The van der Waals surface area contributed by atoms with E-state index >= 15 is 0 Å². The van der Waals surface area contributed by atoms with Crippen molar-refractivity contribution in [1.29, 1.82) is 0 Å². The summed E-state index contributed by atoms with van der Waals surface area (Å²) in [6, 6.07) is 11.3. The zero-order valence-corrected chi connectivity index (χ0v) is 18.9. The number of ether oxygens (including phenoxy) is 2. The molecular formula is C23H21N5O4S. The van der Waals surface area contributed by atoms with Crippen molar-refractivity contribution in [3.8, 4) is 11.5 Å². The number of rotatable bonds is 5. The van der Waals surface area contributed by atoms with Crippen LogP contribution in [-0.2, 0) is 11.3 Å². The van der Waals surface area contributed by atoms with E-state index in [4.69, 9.17) is 9.47 Å². The third kappa shape index (κ3) is 4.29. The maximum atomic E-state index is 12.8. The van der Waals surface area contributed by atoms with Crippen LogP contribution in [0.3, 0.4) is 0 Å². The van der Waals surface area contributed by atoms with E-state index in [9.17, 15) is 9.59 Å². The van der Waals surface area contributed by atoms with Crippen LogP contribution in [0, 0.1) is 13.8 Å². The summed E-state index contributed by atoms with van der Waals surface area (Å²) in [5.41, 5.74) is 2.83. The van der Waals surface area contributed by atoms with Gasteiger partial charge in [0.15, 0.2) is 17.1 Å². The van der Waals surface area contributed by atoms with Crippen LogP contribution in [0.15, 0.2) is 63.5 Å². The van der Waals surface area contributed by atoms with Gasteiger partial charge in [0, 0.05) is 29.0 Å². The van der Waals surface area contributed by atoms with E-state index in [1.807, 2.05) is 26.0 Å². The number of benzene rings is 2. The van der Waals surface area contributed by atoms with Crippen molar-refractivity contribution in [2.45, 2.75) is 30.3 Å². The monoisotopic (exact) mass is 463 g/mol. The molecular weight excluding hydrogens is 442 g/mol. The molecule has 1 aliphatic rings. The van der Waals surface area contributed by atoms with Gasteiger partial charge in [-0.3, -0.25) is 4.79 Å². The van der Waals surface area contributed by atoms with E-state index in [0.29, 0.717) is 41.1 Å². The van der Waals surface area contributed by atoms with Gasteiger partial charge in [-0.05, 0) is 37.6 Å². The Labute approximate surface area is 193 Å². The third-order valence-electron chi connectivity index (χ3n) is 5.13. The summed E-state index contributed by atoms with van der Waals surface area (Å²) in [6.07, 6.45) is 3.10. The largest absolute Gasteiger partial charge is 0.486 e. The zero-order valence-electron chi connectivity index (χ0n) is 18.1. The Morgan fingerprint density at radius 2 is 1.94 bits per heavy atom. The van der Waals surface area contributed by atoms with E-state index in [1.54, 1.807) is 30.6 Å². The molecule has 3 heterocycles. The van der Waals surface area contributed by atoms with Gasteiger partial charge in [0.2, 0.25) is 5.91 Å². The summed E-state index contributed by atoms with van der Waals surface area (Å²) >= 11 is 1.44. The first-order valence-electron chi connectivity index (χ1n) is 10.4. The molecule has 2 aromatic carbocycles. The number of carbonyl (C=O) groups is 1. The smallest absolute Gasteiger partial charge is 0.350 e. The van der Waals surface area contributed by atoms with Crippen molar-refractivity contribution in [2.75, 3.05) is 18.5 Å². The normalized spacial score (nSPS) is 12.7. The van der Waals surface area contributed by atoms with Crippen LogP contribution in [0.25, 0.3) is 5.65 Å². The highest BCUT2D eigenvalue weighted by Crippen LogP contribution is 2.33. The zero-order chi connectivity index (χ0) is 22.9. The molecule has 0 saturated carbocycles. The van der Waals surface area contributed by atoms with Crippen molar-refractivity contribution in [3.63, 3.8) is 0 Å².